The van der Waals surface area contributed by atoms with Crippen LogP contribution in [0.3, 0.4) is 0 Å². The molecule has 0 aliphatic carbocycles. The van der Waals surface area contributed by atoms with Gasteiger partial charge in [0.1, 0.15) is 12.6 Å². The van der Waals surface area contributed by atoms with Gasteiger partial charge in [-0.2, -0.15) is 0 Å². The van der Waals surface area contributed by atoms with Crippen LogP contribution in [0.25, 0.3) is 0 Å². The lowest BCUT2D eigenvalue weighted by Crippen LogP contribution is -2.37. The third kappa shape index (κ3) is 4.89. The van der Waals surface area contributed by atoms with Crippen molar-refractivity contribution in [2.45, 2.75) is 32.9 Å². The first-order valence-corrected chi connectivity index (χ1v) is 6.54. The Morgan fingerprint density at radius 2 is 2.10 bits per heavy atom. The van der Waals surface area contributed by atoms with Crippen LogP contribution >= 0.6 is 0 Å². The maximum absolute atomic E-state index is 11.8. The molecule has 0 saturated heterocycles. The average Bonchev–Trinajstić information content (AvgIpc) is 2.42. The molecule has 0 heterocycles. The molecule has 6 nitrogen and oxygen atoms in total. The average molecular weight is 278 g/mol. The Bertz CT molecular complexity index is 484. The lowest BCUT2D eigenvalue weighted by Gasteiger charge is -2.16. The highest BCUT2D eigenvalue weighted by atomic mass is 16.5. The highest BCUT2D eigenvalue weighted by molar-refractivity contribution is 5.79. The highest BCUT2D eigenvalue weighted by Crippen LogP contribution is 2.15. The summed E-state index contributed by atoms with van der Waals surface area (Å²) < 4.78 is 5.20. The minimum absolute atomic E-state index is 0.0158. The fourth-order valence-electron chi connectivity index (χ4n) is 1.60. The van der Waals surface area contributed by atoms with Crippen molar-refractivity contribution in [3.63, 3.8) is 0 Å². The number of nitrogens with two attached hydrogens (primary N) is 3. The molecule has 0 aliphatic heterocycles. The molecule has 0 amide bonds. The molecule has 0 fully saturated rings. The molecule has 0 saturated carbocycles. The summed E-state index contributed by atoms with van der Waals surface area (Å²) in [6.07, 6.45) is 0.830. The second-order valence-corrected chi connectivity index (χ2v) is 4.73. The monoisotopic (exact) mass is 278 g/mol. The van der Waals surface area contributed by atoms with E-state index in [0.717, 1.165) is 12.0 Å². The van der Waals surface area contributed by atoms with E-state index in [4.69, 9.17) is 21.9 Å². The van der Waals surface area contributed by atoms with E-state index in [2.05, 4.69) is 4.99 Å². The van der Waals surface area contributed by atoms with Crippen molar-refractivity contribution in [3.05, 3.63) is 29.8 Å². The fourth-order valence-corrected chi connectivity index (χ4v) is 1.60. The third-order valence-electron chi connectivity index (χ3n) is 3.08. The van der Waals surface area contributed by atoms with Crippen LogP contribution in [0, 0.1) is 5.92 Å². The van der Waals surface area contributed by atoms with Crippen LogP contribution in [0.1, 0.15) is 25.8 Å². The Hall–Kier alpha value is -2.08. The predicted octanol–water partition coefficient (Wildman–Crippen LogP) is 1.01. The second-order valence-electron chi connectivity index (χ2n) is 4.73. The molecular weight excluding hydrogens is 256 g/mol. The minimum atomic E-state index is -0.596. The molecule has 6 N–H and O–H groups in total. The van der Waals surface area contributed by atoms with E-state index < -0.39 is 12.0 Å². The van der Waals surface area contributed by atoms with Gasteiger partial charge >= 0.3 is 5.97 Å². The topological polar surface area (TPSA) is 117 Å². The van der Waals surface area contributed by atoms with Gasteiger partial charge in [0.25, 0.3) is 0 Å². The summed E-state index contributed by atoms with van der Waals surface area (Å²) in [5, 5.41) is 0. The van der Waals surface area contributed by atoms with E-state index in [1.54, 1.807) is 18.2 Å². The minimum Gasteiger partial charge on any atom is -0.460 e. The van der Waals surface area contributed by atoms with E-state index >= 15 is 0 Å². The van der Waals surface area contributed by atoms with Crippen molar-refractivity contribution in [2.75, 3.05) is 0 Å². The van der Waals surface area contributed by atoms with Crippen LogP contribution in [0.5, 0.6) is 0 Å². The van der Waals surface area contributed by atoms with E-state index in [1.165, 1.54) is 0 Å². The first-order valence-electron chi connectivity index (χ1n) is 6.54. The first kappa shape index (κ1) is 16.0. The number of esters is 1. The zero-order chi connectivity index (χ0) is 15.1. The van der Waals surface area contributed by atoms with Gasteiger partial charge in [-0.1, -0.05) is 32.4 Å². The number of benzene rings is 1. The molecule has 20 heavy (non-hydrogen) atoms. The van der Waals surface area contributed by atoms with Crippen molar-refractivity contribution in [3.8, 4) is 0 Å². The van der Waals surface area contributed by atoms with Gasteiger partial charge in [0.05, 0.1) is 5.69 Å². The zero-order valence-corrected chi connectivity index (χ0v) is 11.9. The Kier molecular flexibility index (Phi) is 5.99. The second kappa shape index (κ2) is 7.49. The van der Waals surface area contributed by atoms with Crippen LogP contribution in [0.15, 0.2) is 29.3 Å². The molecule has 0 spiro atoms. The Labute approximate surface area is 119 Å². The number of ether oxygens (including phenoxy) is 1. The van der Waals surface area contributed by atoms with Crippen LogP contribution in [-0.2, 0) is 16.1 Å². The Balaban J connectivity index is 2.62. The lowest BCUT2D eigenvalue weighted by molar-refractivity contribution is -0.147. The number of guanidine groups is 1. The van der Waals surface area contributed by atoms with Crippen LogP contribution in [0.4, 0.5) is 5.69 Å². The van der Waals surface area contributed by atoms with Crippen molar-refractivity contribution in [1.29, 1.82) is 0 Å². The van der Waals surface area contributed by atoms with Crippen LogP contribution in [-0.4, -0.2) is 18.0 Å². The van der Waals surface area contributed by atoms with Gasteiger partial charge in [-0.3, -0.25) is 4.79 Å². The highest BCUT2D eigenvalue weighted by Gasteiger charge is 2.20. The molecular formula is C14H22N4O2. The summed E-state index contributed by atoms with van der Waals surface area (Å²) in [5.74, 6) is -0.319. The number of carbonyl (C=O) groups is 1. The smallest absolute Gasteiger partial charge is 0.323 e. The number of hydrogen-bond donors (Lipinski definition) is 3. The Morgan fingerprint density at radius 3 is 2.70 bits per heavy atom. The summed E-state index contributed by atoms with van der Waals surface area (Å²) in [5.41, 5.74) is 17.8. The molecule has 1 rings (SSSR count). The molecule has 0 unspecified atom stereocenters. The molecule has 110 valence electrons. The van der Waals surface area contributed by atoms with E-state index in [9.17, 15) is 4.79 Å². The predicted molar refractivity (Wildman–Crippen MR) is 79.1 cm³/mol. The molecule has 0 aliphatic rings. The van der Waals surface area contributed by atoms with Crippen molar-refractivity contribution in [1.82, 2.24) is 0 Å². The normalized spacial score (nSPS) is 13.3. The van der Waals surface area contributed by atoms with Gasteiger partial charge in [-0.15, -0.1) is 0 Å². The standard InChI is InChI=1S/C14H22N4O2/c1-3-9(2)12(15)13(19)20-8-10-5-4-6-11(7-10)18-14(16)17/h4-7,9,12H,3,8,15H2,1-2H3,(H4,16,17,18)/t9-,12-/m0/s1. The van der Waals surface area contributed by atoms with E-state index in [0.29, 0.717) is 5.69 Å². The summed E-state index contributed by atoms with van der Waals surface area (Å²) in [6.45, 7) is 4.05. The van der Waals surface area contributed by atoms with Gasteiger partial charge in [0, 0.05) is 0 Å². The number of hydrogen-bond acceptors (Lipinski definition) is 4. The van der Waals surface area contributed by atoms with Crippen LogP contribution < -0.4 is 17.2 Å². The first-order chi connectivity index (χ1) is 9.43. The summed E-state index contributed by atoms with van der Waals surface area (Å²) >= 11 is 0. The number of carbonyl (C=O) groups excluding carboxylic acids is 1. The van der Waals surface area contributed by atoms with Gasteiger partial charge in [-0.05, 0) is 23.6 Å². The quantitative estimate of drug-likeness (QED) is 0.408. The molecule has 1 aromatic rings. The number of nitrogens with zero attached hydrogens (tertiary/aromatic N) is 1. The van der Waals surface area contributed by atoms with Gasteiger partial charge in [0.15, 0.2) is 5.96 Å². The Morgan fingerprint density at radius 1 is 1.40 bits per heavy atom. The van der Waals surface area contributed by atoms with Crippen molar-refractivity contribution < 1.29 is 9.53 Å². The molecule has 0 radical (unpaired) electrons. The number of rotatable bonds is 6. The molecule has 2 atom stereocenters. The number of aliphatic imine (C=N–C) groups is 1. The molecule has 6 heteroatoms. The fraction of sp³-hybridized carbons (Fsp3) is 0.429. The van der Waals surface area contributed by atoms with Gasteiger partial charge in [-0.25, -0.2) is 4.99 Å². The van der Waals surface area contributed by atoms with Gasteiger partial charge < -0.3 is 21.9 Å². The summed E-state index contributed by atoms with van der Waals surface area (Å²) in [6, 6.07) is 6.53. The summed E-state index contributed by atoms with van der Waals surface area (Å²) in [7, 11) is 0. The molecule has 0 aromatic heterocycles. The SMILES string of the molecule is CC[C@H](C)[C@H](N)C(=O)OCc1cccc(N=C(N)N)c1. The van der Waals surface area contributed by atoms with Crippen molar-refractivity contribution in [2.24, 2.45) is 28.1 Å². The van der Waals surface area contributed by atoms with Crippen molar-refractivity contribution >= 4 is 17.6 Å². The molecule has 1 aromatic carbocycles. The van der Waals surface area contributed by atoms with E-state index in [1.807, 2.05) is 19.9 Å². The largest absolute Gasteiger partial charge is 0.460 e. The molecule has 0 bridgehead atoms. The summed E-state index contributed by atoms with van der Waals surface area (Å²) in [4.78, 5) is 15.7. The maximum Gasteiger partial charge on any atom is 0.323 e. The zero-order valence-electron chi connectivity index (χ0n) is 11.9. The lowest BCUT2D eigenvalue weighted by atomic mass is 10.0. The third-order valence-corrected chi connectivity index (χ3v) is 3.08. The van der Waals surface area contributed by atoms with E-state index in [-0.39, 0.29) is 18.5 Å². The van der Waals surface area contributed by atoms with Crippen LogP contribution in [0.2, 0.25) is 0 Å². The van der Waals surface area contributed by atoms with Gasteiger partial charge in [0.2, 0.25) is 0 Å². The maximum atomic E-state index is 11.8.